The van der Waals surface area contributed by atoms with Crippen molar-refractivity contribution in [3.8, 4) is 0 Å². The Hall–Kier alpha value is -1.56. The minimum absolute atomic E-state index is 0.0468. The van der Waals surface area contributed by atoms with Crippen LogP contribution in [0.5, 0.6) is 0 Å². The number of carboxylic acids is 1. The minimum atomic E-state index is -0.999. The first-order valence-corrected chi connectivity index (χ1v) is 8.00. The fourth-order valence-corrected chi connectivity index (χ4v) is 3.06. The molecule has 0 bridgehead atoms. The Balaban J connectivity index is 2.49. The molecule has 1 aromatic heterocycles. The van der Waals surface area contributed by atoms with E-state index < -0.39 is 18.0 Å². The number of aryl methyl sites for hydroxylation is 1. The van der Waals surface area contributed by atoms with E-state index in [2.05, 4.69) is 22.8 Å². The largest absolute Gasteiger partial charge is 0.480 e. The second-order valence-corrected chi connectivity index (χ2v) is 6.81. The van der Waals surface area contributed by atoms with E-state index in [0.29, 0.717) is 6.42 Å². The van der Waals surface area contributed by atoms with Crippen LogP contribution >= 0.6 is 11.3 Å². The molecule has 0 fully saturated rings. The van der Waals surface area contributed by atoms with E-state index in [1.165, 1.54) is 9.75 Å². The molecule has 5 nitrogen and oxygen atoms in total. The molecule has 0 saturated heterocycles. The lowest BCUT2D eigenvalue weighted by Gasteiger charge is -2.22. The Labute approximate surface area is 129 Å². The van der Waals surface area contributed by atoms with Gasteiger partial charge in [-0.1, -0.05) is 20.3 Å². The van der Waals surface area contributed by atoms with Crippen LogP contribution in [0, 0.1) is 12.8 Å². The van der Waals surface area contributed by atoms with E-state index in [0.717, 1.165) is 6.42 Å². The van der Waals surface area contributed by atoms with Gasteiger partial charge in [0.15, 0.2) is 0 Å². The van der Waals surface area contributed by atoms with E-state index >= 15 is 0 Å². The lowest BCUT2D eigenvalue weighted by Crippen LogP contribution is -2.51. The Morgan fingerprint density at radius 1 is 1.29 bits per heavy atom. The fraction of sp³-hybridized carbons (Fsp3) is 0.600. The number of urea groups is 1. The molecule has 2 amide bonds. The highest BCUT2D eigenvalue weighted by molar-refractivity contribution is 7.11. The number of amides is 2. The molecule has 0 aromatic carbocycles. The molecule has 0 aliphatic rings. The third-order valence-electron chi connectivity index (χ3n) is 3.45. The molecule has 0 saturated carbocycles. The van der Waals surface area contributed by atoms with Crippen LogP contribution in [0.25, 0.3) is 0 Å². The van der Waals surface area contributed by atoms with Gasteiger partial charge in [0.2, 0.25) is 0 Å². The second kappa shape index (κ2) is 8.02. The maximum atomic E-state index is 11.9. The summed E-state index contributed by atoms with van der Waals surface area (Å²) in [6, 6.07) is 2.77. The summed E-state index contributed by atoms with van der Waals surface area (Å²) in [4.78, 5) is 25.5. The number of carbonyl (C=O) groups excluding carboxylic acids is 1. The molecule has 21 heavy (non-hydrogen) atoms. The summed E-state index contributed by atoms with van der Waals surface area (Å²) >= 11 is 1.70. The number of hydrogen-bond acceptors (Lipinski definition) is 3. The maximum Gasteiger partial charge on any atom is 0.326 e. The van der Waals surface area contributed by atoms with Crippen LogP contribution < -0.4 is 10.6 Å². The number of thiophene rings is 1. The molecule has 0 spiro atoms. The normalized spacial score (nSPS) is 15.0. The van der Waals surface area contributed by atoms with Crippen LogP contribution in [-0.4, -0.2) is 29.2 Å². The zero-order valence-corrected chi connectivity index (χ0v) is 13.8. The van der Waals surface area contributed by atoms with Crippen LogP contribution in [0.3, 0.4) is 0 Å². The fourth-order valence-electron chi connectivity index (χ4n) is 2.04. The third-order valence-corrected chi connectivity index (χ3v) is 4.47. The summed E-state index contributed by atoms with van der Waals surface area (Å²) in [6.07, 6.45) is 1.44. The number of nitrogens with one attached hydrogen (secondary N) is 2. The van der Waals surface area contributed by atoms with Gasteiger partial charge in [-0.25, -0.2) is 9.59 Å². The molecular formula is C15H24N2O3S. The molecule has 3 atom stereocenters. The minimum Gasteiger partial charge on any atom is -0.480 e. The summed E-state index contributed by atoms with van der Waals surface area (Å²) in [6.45, 7) is 7.68. The maximum absolute atomic E-state index is 11.9. The van der Waals surface area contributed by atoms with Crippen LogP contribution in [0.15, 0.2) is 12.1 Å². The monoisotopic (exact) mass is 312 g/mol. The number of carbonyl (C=O) groups is 2. The number of hydrogen-bond donors (Lipinski definition) is 3. The zero-order chi connectivity index (χ0) is 16.0. The van der Waals surface area contributed by atoms with Crippen LogP contribution in [0.1, 0.15) is 36.9 Å². The summed E-state index contributed by atoms with van der Waals surface area (Å²) in [5.41, 5.74) is 0. The topological polar surface area (TPSA) is 78.4 Å². The van der Waals surface area contributed by atoms with Crippen LogP contribution in [0.2, 0.25) is 0 Å². The predicted octanol–water partition coefficient (Wildman–Crippen LogP) is 2.79. The summed E-state index contributed by atoms with van der Waals surface area (Å²) in [5.74, 6) is -1.11. The van der Waals surface area contributed by atoms with Gasteiger partial charge in [-0.05, 0) is 31.9 Å². The van der Waals surface area contributed by atoms with Gasteiger partial charge in [0.1, 0.15) is 6.04 Å². The SMILES string of the molecule is CCC(C)[C@H](NC(=O)NC(C)Cc1ccc(C)s1)C(=O)O. The van der Waals surface area contributed by atoms with Gasteiger partial charge < -0.3 is 15.7 Å². The first-order chi connectivity index (χ1) is 9.83. The van der Waals surface area contributed by atoms with E-state index in [-0.39, 0.29) is 12.0 Å². The smallest absolute Gasteiger partial charge is 0.326 e. The molecule has 1 heterocycles. The third kappa shape index (κ3) is 5.75. The second-order valence-electron chi connectivity index (χ2n) is 5.44. The van der Waals surface area contributed by atoms with Crippen molar-refractivity contribution in [2.24, 2.45) is 5.92 Å². The zero-order valence-electron chi connectivity index (χ0n) is 13.0. The molecule has 0 aliphatic heterocycles. The molecule has 1 rings (SSSR count). The number of rotatable bonds is 7. The lowest BCUT2D eigenvalue weighted by molar-refractivity contribution is -0.140. The molecule has 6 heteroatoms. The molecule has 0 aliphatic carbocycles. The van der Waals surface area contributed by atoms with Gasteiger partial charge in [-0.2, -0.15) is 0 Å². The Morgan fingerprint density at radius 3 is 2.43 bits per heavy atom. The van der Waals surface area contributed by atoms with E-state index in [1.54, 1.807) is 11.3 Å². The summed E-state index contributed by atoms with van der Waals surface area (Å²) < 4.78 is 0. The van der Waals surface area contributed by atoms with Crippen LogP contribution in [-0.2, 0) is 11.2 Å². The Bertz CT molecular complexity index is 487. The summed E-state index contributed by atoms with van der Waals surface area (Å²) in [5, 5.41) is 14.5. The number of carboxylic acid groups (broad SMARTS) is 1. The van der Waals surface area contributed by atoms with Crippen LogP contribution in [0.4, 0.5) is 4.79 Å². The van der Waals surface area contributed by atoms with Gasteiger partial charge in [-0.3, -0.25) is 0 Å². The van der Waals surface area contributed by atoms with Crippen molar-refractivity contribution in [1.29, 1.82) is 0 Å². The van der Waals surface area contributed by atoms with Gasteiger partial charge >= 0.3 is 12.0 Å². The quantitative estimate of drug-likeness (QED) is 0.724. The highest BCUT2D eigenvalue weighted by Crippen LogP contribution is 2.16. The van der Waals surface area contributed by atoms with E-state index in [9.17, 15) is 9.59 Å². The highest BCUT2D eigenvalue weighted by atomic mass is 32.1. The van der Waals surface area contributed by atoms with Crippen molar-refractivity contribution in [2.45, 2.75) is 52.6 Å². The first kappa shape index (κ1) is 17.5. The molecule has 3 N–H and O–H groups in total. The van der Waals surface area contributed by atoms with E-state index in [4.69, 9.17) is 5.11 Å². The molecule has 0 radical (unpaired) electrons. The van der Waals surface area contributed by atoms with Gasteiger partial charge in [0.25, 0.3) is 0 Å². The number of aliphatic carboxylic acids is 1. The average molecular weight is 312 g/mol. The first-order valence-electron chi connectivity index (χ1n) is 7.18. The Morgan fingerprint density at radius 2 is 1.95 bits per heavy atom. The van der Waals surface area contributed by atoms with E-state index in [1.807, 2.05) is 27.7 Å². The van der Waals surface area contributed by atoms with Crippen molar-refractivity contribution in [3.05, 3.63) is 21.9 Å². The predicted molar refractivity (Wildman–Crippen MR) is 84.8 cm³/mol. The molecular weight excluding hydrogens is 288 g/mol. The molecule has 118 valence electrons. The van der Waals surface area contributed by atoms with Crippen molar-refractivity contribution in [3.63, 3.8) is 0 Å². The standard InChI is InChI=1S/C15H24N2O3S/c1-5-9(2)13(14(18)19)17-15(20)16-10(3)8-12-7-6-11(4)21-12/h6-7,9-10,13H,5,8H2,1-4H3,(H,18,19)(H2,16,17,20)/t9?,10?,13-/m0/s1. The average Bonchev–Trinajstić information content (AvgIpc) is 2.79. The van der Waals surface area contributed by atoms with Crippen molar-refractivity contribution >= 4 is 23.3 Å². The van der Waals surface area contributed by atoms with Crippen molar-refractivity contribution < 1.29 is 14.7 Å². The molecule has 1 aromatic rings. The van der Waals surface area contributed by atoms with Gasteiger partial charge in [0, 0.05) is 22.2 Å². The molecule has 2 unspecified atom stereocenters. The Kier molecular flexibility index (Phi) is 6.68. The van der Waals surface area contributed by atoms with Gasteiger partial charge in [0.05, 0.1) is 0 Å². The van der Waals surface area contributed by atoms with Crippen molar-refractivity contribution in [1.82, 2.24) is 10.6 Å². The highest BCUT2D eigenvalue weighted by Gasteiger charge is 2.25. The lowest BCUT2D eigenvalue weighted by atomic mass is 9.99. The van der Waals surface area contributed by atoms with Crippen molar-refractivity contribution in [2.75, 3.05) is 0 Å². The van der Waals surface area contributed by atoms with Gasteiger partial charge in [-0.15, -0.1) is 11.3 Å². The summed E-state index contributed by atoms with van der Waals surface area (Å²) in [7, 11) is 0.